The maximum absolute atomic E-state index is 8.97. The second-order valence-electron chi connectivity index (χ2n) is 1.77. The maximum Gasteiger partial charge on any atom is 0.212 e. The standard InChI is InChI=1S/C6H13NO3/c1-3-10-6(7)5(8)4-9-2/h5,7-8H,3-4H2,1-2H3. The van der Waals surface area contributed by atoms with Crippen molar-refractivity contribution < 1.29 is 14.6 Å². The third-order valence-corrected chi connectivity index (χ3v) is 0.927. The van der Waals surface area contributed by atoms with Gasteiger partial charge in [0.15, 0.2) is 6.10 Å². The monoisotopic (exact) mass is 147 g/mol. The lowest BCUT2D eigenvalue weighted by Crippen LogP contribution is -2.26. The molecule has 0 saturated heterocycles. The normalized spacial score (nSPS) is 12.7. The van der Waals surface area contributed by atoms with Crippen molar-refractivity contribution in [2.45, 2.75) is 13.0 Å². The van der Waals surface area contributed by atoms with Gasteiger partial charge in [0.25, 0.3) is 0 Å². The lowest BCUT2D eigenvalue weighted by molar-refractivity contribution is 0.0859. The first kappa shape index (κ1) is 9.39. The average molecular weight is 147 g/mol. The summed E-state index contributed by atoms with van der Waals surface area (Å²) in [6.45, 7) is 2.27. The van der Waals surface area contributed by atoms with Gasteiger partial charge in [-0.05, 0) is 6.92 Å². The Kier molecular flexibility index (Phi) is 4.88. The van der Waals surface area contributed by atoms with Crippen LogP contribution in [0.3, 0.4) is 0 Å². The molecule has 0 fully saturated rings. The summed E-state index contributed by atoms with van der Waals surface area (Å²) in [7, 11) is 1.46. The molecule has 0 aromatic heterocycles. The molecule has 0 aromatic rings. The lowest BCUT2D eigenvalue weighted by Gasteiger charge is -2.10. The van der Waals surface area contributed by atoms with Gasteiger partial charge in [0.2, 0.25) is 5.90 Å². The van der Waals surface area contributed by atoms with Gasteiger partial charge in [-0.1, -0.05) is 0 Å². The minimum absolute atomic E-state index is 0.110. The van der Waals surface area contributed by atoms with Crippen LogP contribution in [0, 0.1) is 5.41 Å². The van der Waals surface area contributed by atoms with Gasteiger partial charge in [0.1, 0.15) is 0 Å². The van der Waals surface area contributed by atoms with Gasteiger partial charge >= 0.3 is 0 Å². The van der Waals surface area contributed by atoms with Crippen LogP contribution in [0.2, 0.25) is 0 Å². The van der Waals surface area contributed by atoms with Gasteiger partial charge in [-0.2, -0.15) is 0 Å². The Hall–Kier alpha value is -0.610. The minimum Gasteiger partial charge on any atom is -0.480 e. The Morgan fingerprint density at radius 3 is 2.70 bits per heavy atom. The fraction of sp³-hybridized carbons (Fsp3) is 0.833. The molecule has 0 rings (SSSR count). The molecule has 0 saturated carbocycles. The average Bonchev–Trinajstić information content (AvgIpc) is 1.89. The van der Waals surface area contributed by atoms with E-state index < -0.39 is 6.10 Å². The van der Waals surface area contributed by atoms with E-state index in [1.807, 2.05) is 0 Å². The molecule has 0 aliphatic carbocycles. The van der Waals surface area contributed by atoms with Crippen molar-refractivity contribution in [2.75, 3.05) is 20.3 Å². The van der Waals surface area contributed by atoms with Crippen LogP contribution in [0.1, 0.15) is 6.92 Å². The fourth-order valence-corrected chi connectivity index (χ4v) is 0.485. The lowest BCUT2D eigenvalue weighted by atomic mass is 10.4. The molecule has 0 aliphatic rings. The molecule has 0 spiro atoms. The summed E-state index contributed by atoms with van der Waals surface area (Å²) in [5, 5.41) is 16.0. The van der Waals surface area contributed by atoms with Gasteiger partial charge < -0.3 is 14.6 Å². The van der Waals surface area contributed by atoms with Crippen LogP contribution >= 0.6 is 0 Å². The largest absolute Gasteiger partial charge is 0.480 e. The molecule has 4 nitrogen and oxygen atoms in total. The molecule has 2 N–H and O–H groups in total. The Bertz CT molecular complexity index is 105. The van der Waals surface area contributed by atoms with E-state index in [4.69, 9.17) is 15.3 Å². The zero-order chi connectivity index (χ0) is 7.98. The number of hydrogen-bond acceptors (Lipinski definition) is 4. The molecule has 1 atom stereocenters. The van der Waals surface area contributed by atoms with E-state index in [9.17, 15) is 0 Å². The van der Waals surface area contributed by atoms with Gasteiger partial charge in [-0.3, -0.25) is 5.41 Å². The van der Waals surface area contributed by atoms with Crippen LogP contribution in [-0.2, 0) is 9.47 Å². The number of methoxy groups -OCH3 is 1. The number of nitrogens with one attached hydrogen (secondary N) is 1. The molecule has 60 valence electrons. The fourth-order valence-electron chi connectivity index (χ4n) is 0.485. The first-order chi connectivity index (χ1) is 4.72. The first-order valence-electron chi connectivity index (χ1n) is 3.10. The van der Waals surface area contributed by atoms with Crippen molar-refractivity contribution in [3.8, 4) is 0 Å². The van der Waals surface area contributed by atoms with Gasteiger partial charge in [0, 0.05) is 7.11 Å². The first-order valence-corrected chi connectivity index (χ1v) is 3.10. The predicted octanol–water partition coefficient (Wildman–Crippen LogP) is 0.00747. The van der Waals surface area contributed by atoms with Crippen molar-refractivity contribution >= 4 is 5.90 Å². The highest BCUT2D eigenvalue weighted by atomic mass is 16.5. The van der Waals surface area contributed by atoms with Crippen molar-refractivity contribution in [2.24, 2.45) is 0 Å². The Morgan fingerprint density at radius 2 is 2.30 bits per heavy atom. The predicted molar refractivity (Wildman–Crippen MR) is 37.2 cm³/mol. The van der Waals surface area contributed by atoms with E-state index in [0.717, 1.165) is 0 Å². The van der Waals surface area contributed by atoms with Crippen LogP contribution in [0.15, 0.2) is 0 Å². The SMILES string of the molecule is CCOC(=N)C(O)COC. The minimum atomic E-state index is -0.926. The molecule has 0 aliphatic heterocycles. The smallest absolute Gasteiger partial charge is 0.212 e. The van der Waals surface area contributed by atoms with Crippen molar-refractivity contribution in [1.82, 2.24) is 0 Å². The van der Waals surface area contributed by atoms with Gasteiger partial charge in [-0.25, -0.2) is 0 Å². The Labute approximate surface area is 60.3 Å². The summed E-state index contributed by atoms with van der Waals surface area (Å²) in [6.07, 6.45) is -0.926. The topological polar surface area (TPSA) is 62.5 Å². The van der Waals surface area contributed by atoms with Crippen LogP contribution in [0.25, 0.3) is 0 Å². The zero-order valence-electron chi connectivity index (χ0n) is 6.26. The molecule has 0 bridgehead atoms. The van der Waals surface area contributed by atoms with Gasteiger partial charge in [0.05, 0.1) is 13.2 Å². The summed E-state index contributed by atoms with van der Waals surface area (Å²) in [4.78, 5) is 0. The maximum atomic E-state index is 8.97. The van der Waals surface area contributed by atoms with Crippen LogP contribution in [0.4, 0.5) is 0 Å². The van der Waals surface area contributed by atoms with E-state index in [1.54, 1.807) is 6.92 Å². The van der Waals surface area contributed by atoms with E-state index in [0.29, 0.717) is 6.61 Å². The summed E-state index contributed by atoms with van der Waals surface area (Å²) >= 11 is 0. The number of rotatable bonds is 4. The summed E-state index contributed by atoms with van der Waals surface area (Å²) in [5.41, 5.74) is 0. The molecule has 4 heteroatoms. The van der Waals surface area contributed by atoms with Crippen molar-refractivity contribution in [3.05, 3.63) is 0 Å². The van der Waals surface area contributed by atoms with Crippen LogP contribution < -0.4 is 0 Å². The summed E-state index contributed by atoms with van der Waals surface area (Å²) in [6, 6.07) is 0. The molecule has 0 amide bonds. The second kappa shape index (κ2) is 5.20. The van der Waals surface area contributed by atoms with Crippen molar-refractivity contribution in [1.29, 1.82) is 5.41 Å². The quantitative estimate of drug-likeness (QED) is 0.435. The highest BCUT2D eigenvalue weighted by Crippen LogP contribution is 1.88. The van der Waals surface area contributed by atoms with E-state index in [2.05, 4.69) is 4.74 Å². The third kappa shape index (κ3) is 3.42. The third-order valence-electron chi connectivity index (χ3n) is 0.927. The second-order valence-corrected chi connectivity index (χ2v) is 1.77. The van der Waals surface area contributed by atoms with Gasteiger partial charge in [-0.15, -0.1) is 0 Å². The van der Waals surface area contributed by atoms with E-state index in [-0.39, 0.29) is 12.5 Å². The molecular weight excluding hydrogens is 134 g/mol. The number of hydrogen-bond donors (Lipinski definition) is 2. The highest BCUT2D eigenvalue weighted by Gasteiger charge is 2.10. The van der Waals surface area contributed by atoms with Crippen LogP contribution in [0.5, 0.6) is 0 Å². The van der Waals surface area contributed by atoms with E-state index >= 15 is 0 Å². The summed E-state index contributed by atoms with van der Waals surface area (Å²) < 4.78 is 9.31. The highest BCUT2D eigenvalue weighted by molar-refractivity contribution is 5.77. The molecule has 1 unspecified atom stereocenters. The number of aliphatic hydroxyl groups excluding tert-OH is 1. The number of aliphatic hydroxyl groups is 1. The molecule has 0 radical (unpaired) electrons. The Balaban J connectivity index is 3.49. The molecule has 0 aromatic carbocycles. The van der Waals surface area contributed by atoms with Crippen molar-refractivity contribution in [3.63, 3.8) is 0 Å². The van der Waals surface area contributed by atoms with E-state index in [1.165, 1.54) is 7.11 Å². The molecule has 10 heavy (non-hydrogen) atoms. The Morgan fingerprint density at radius 1 is 1.70 bits per heavy atom. The van der Waals surface area contributed by atoms with Crippen LogP contribution in [-0.4, -0.2) is 37.4 Å². The molecular formula is C6H13NO3. The summed E-state index contributed by atoms with van der Waals surface area (Å²) in [5.74, 6) is -0.135. The zero-order valence-corrected chi connectivity index (χ0v) is 6.26. The molecule has 0 heterocycles. The number of ether oxygens (including phenoxy) is 2.